The molecule has 0 saturated heterocycles. The lowest BCUT2D eigenvalue weighted by Gasteiger charge is -2.31. The number of carbonyl (C=O) groups is 2. The van der Waals surface area contributed by atoms with Crippen LogP contribution in [0.5, 0.6) is 0 Å². The molecule has 31 heavy (non-hydrogen) atoms. The molecule has 0 aliphatic heterocycles. The third-order valence-electron chi connectivity index (χ3n) is 5.31. The van der Waals surface area contributed by atoms with E-state index in [9.17, 15) is 9.59 Å². The predicted octanol–water partition coefficient (Wildman–Crippen LogP) is 3.58. The normalized spacial score (nSPS) is 11.3. The van der Waals surface area contributed by atoms with Crippen LogP contribution in [0.3, 0.4) is 0 Å². The SMILES string of the molecule is CC(C)N(C(=O)Cn1c(CCNC(=O)Cc2ccccc2)nc2ccccc21)C(C)C. The van der Waals surface area contributed by atoms with Crippen molar-refractivity contribution in [3.8, 4) is 0 Å². The van der Waals surface area contributed by atoms with E-state index in [4.69, 9.17) is 4.98 Å². The lowest BCUT2D eigenvalue weighted by atomic mass is 10.1. The van der Waals surface area contributed by atoms with Crippen molar-refractivity contribution in [2.75, 3.05) is 6.54 Å². The molecule has 1 N–H and O–H groups in total. The van der Waals surface area contributed by atoms with Crippen LogP contribution in [-0.2, 0) is 29.0 Å². The molecule has 0 saturated carbocycles. The fraction of sp³-hybridized carbons (Fsp3) is 0.400. The van der Waals surface area contributed by atoms with Crippen molar-refractivity contribution in [1.29, 1.82) is 0 Å². The number of carbonyl (C=O) groups excluding carboxylic acids is 2. The van der Waals surface area contributed by atoms with Crippen LogP contribution in [0.4, 0.5) is 0 Å². The molecule has 3 aromatic rings. The smallest absolute Gasteiger partial charge is 0.243 e. The number of amides is 2. The molecule has 6 nitrogen and oxygen atoms in total. The van der Waals surface area contributed by atoms with Crippen LogP contribution in [0.2, 0.25) is 0 Å². The highest BCUT2D eigenvalue weighted by atomic mass is 16.2. The summed E-state index contributed by atoms with van der Waals surface area (Å²) >= 11 is 0. The third kappa shape index (κ3) is 5.72. The van der Waals surface area contributed by atoms with Crippen LogP contribution >= 0.6 is 0 Å². The molecular weight excluding hydrogens is 388 g/mol. The number of hydrogen-bond acceptors (Lipinski definition) is 3. The van der Waals surface area contributed by atoms with E-state index in [0.717, 1.165) is 22.4 Å². The van der Waals surface area contributed by atoms with Crippen molar-refractivity contribution in [2.24, 2.45) is 0 Å². The number of benzene rings is 2. The second-order valence-corrected chi connectivity index (χ2v) is 8.35. The van der Waals surface area contributed by atoms with Crippen LogP contribution in [0.25, 0.3) is 11.0 Å². The number of hydrogen-bond donors (Lipinski definition) is 1. The summed E-state index contributed by atoms with van der Waals surface area (Å²) in [5.41, 5.74) is 2.79. The summed E-state index contributed by atoms with van der Waals surface area (Å²) < 4.78 is 1.98. The molecule has 0 bridgehead atoms. The van der Waals surface area contributed by atoms with Gasteiger partial charge in [0.05, 0.1) is 17.5 Å². The Labute approximate surface area is 184 Å². The van der Waals surface area contributed by atoms with Crippen molar-refractivity contribution in [1.82, 2.24) is 19.8 Å². The predicted molar refractivity (Wildman–Crippen MR) is 124 cm³/mol. The van der Waals surface area contributed by atoms with Crippen LogP contribution in [0, 0.1) is 0 Å². The number of aromatic nitrogens is 2. The number of imidazole rings is 1. The van der Waals surface area contributed by atoms with E-state index in [1.165, 1.54) is 0 Å². The molecule has 6 heteroatoms. The Morgan fingerprint density at radius 2 is 1.61 bits per heavy atom. The van der Waals surface area contributed by atoms with Gasteiger partial charge in [0.1, 0.15) is 12.4 Å². The molecule has 0 unspecified atom stereocenters. The Morgan fingerprint density at radius 1 is 0.968 bits per heavy atom. The van der Waals surface area contributed by atoms with E-state index in [1.54, 1.807) is 0 Å². The molecule has 2 amide bonds. The minimum Gasteiger partial charge on any atom is -0.355 e. The zero-order chi connectivity index (χ0) is 22.4. The molecule has 0 radical (unpaired) electrons. The van der Waals surface area contributed by atoms with Gasteiger partial charge in [-0.3, -0.25) is 9.59 Å². The first-order chi connectivity index (χ1) is 14.9. The highest BCUT2D eigenvalue weighted by molar-refractivity contribution is 5.81. The van der Waals surface area contributed by atoms with E-state index >= 15 is 0 Å². The average molecular weight is 421 g/mol. The summed E-state index contributed by atoms with van der Waals surface area (Å²) in [4.78, 5) is 32.0. The Morgan fingerprint density at radius 3 is 2.29 bits per heavy atom. The van der Waals surface area contributed by atoms with Gasteiger partial charge in [0, 0.05) is 25.0 Å². The maximum Gasteiger partial charge on any atom is 0.243 e. The summed E-state index contributed by atoms with van der Waals surface area (Å²) in [7, 11) is 0. The van der Waals surface area contributed by atoms with E-state index in [-0.39, 0.29) is 30.4 Å². The molecule has 0 spiro atoms. The molecule has 0 aliphatic carbocycles. The minimum absolute atomic E-state index is 0.0178. The van der Waals surface area contributed by atoms with Gasteiger partial charge in [-0.15, -0.1) is 0 Å². The summed E-state index contributed by atoms with van der Waals surface area (Å²) in [6, 6.07) is 17.8. The zero-order valence-corrected chi connectivity index (χ0v) is 18.8. The Kier molecular flexibility index (Phi) is 7.45. The Hall–Kier alpha value is -3.15. The van der Waals surface area contributed by atoms with Crippen LogP contribution in [0.15, 0.2) is 54.6 Å². The molecule has 1 aromatic heterocycles. The highest BCUT2D eigenvalue weighted by Gasteiger charge is 2.22. The first kappa shape index (κ1) is 22.5. The first-order valence-electron chi connectivity index (χ1n) is 10.9. The van der Waals surface area contributed by atoms with Crippen LogP contribution < -0.4 is 5.32 Å². The van der Waals surface area contributed by atoms with Crippen molar-refractivity contribution in [3.63, 3.8) is 0 Å². The fourth-order valence-corrected chi connectivity index (χ4v) is 4.04. The summed E-state index contributed by atoms with van der Waals surface area (Å²) in [6.45, 7) is 8.85. The Balaban J connectivity index is 1.71. The van der Waals surface area contributed by atoms with E-state index in [0.29, 0.717) is 19.4 Å². The minimum atomic E-state index is -0.0178. The molecule has 1 heterocycles. The largest absolute Gasteiger partial charge is 0.355 e. The standard InChI is InChI=1S/C25H32N4O2/c1-18(2)29(19(3)4)25(31)17-28-22-13-9-8-12-21(22)27-23(28)14-15-26-24(30)16-20-10-6-5-7-11-20/h5-13,18-19H,14-17H2,1-4H3,(H,26,30). The molecular formula is C25H32N4O2. The van der Waals surface area contributed by atoms with Gasteiger partial charge in [0.2, 0.25) is 11.8 Å². The van der Waals surface area contributed by atoms with E-state index < -0.39 is 0 Å². The first-order valence-corrected chi connectivity index (χ1v) is 10.9. The number of para-hydroxylation sites is 2. The lowest BCUT2D eigenvalue weighted by molar-refractivity contribution is -0.135. The van der Waals surface area contributed by atoms with E-state index in [2.05, 4.69) is 5.32 Å². The monoisotopic (exact) mass is 420 g/mol. The molecule has 0 aliphatic rings. The van der Waals surface area contributed by atoms with Crippen LogP contribution in [-0.4, -0.2) is 44.9 Å². The number of nitrogens with one attached hydrogen (secondary N) is 1. The van der Waals surface area contributed by atoms with Gasteiger partial charge in [-0.25, -0.2) is 4.98 Å². The number of rotatable bonds is 9. The van der Waals surface area contributed by atoms with Crippen molar-refractivity contribution >= 4 is 22.8 Å². The molecule has 0 fully saturated rings. The second-order valence-electron chi connectivity index (χ2n) is 8.35. The molecule has 3 rings (SSSR count). The van der Waals surface area contributed by atoms with Crippen molar-refractivity contribution < 1.29 is 9.59 Å². The van der Waals surface area contributed by atoms with Gasteiger partial charge in [-0.2, -0.15) is 0 Å². The molecule has 2 aromatic carbocycles. The summed E-state index contributed by atoms with van der Waals surface area (Å²) in [5, 5.41) is 2.98. The maximum atomic E-state index is 13.1. The second kappa shape index (κ2) is 10.2. The van der Waals surface area contributed by atoms with E-state index in [1.807, 2.05) is 91.8 Å². The van der Waals surface area contributed by atoms with Gasteiger partial charge in [-0.1, -0.05) is 42.5 Å². The topological polar surface area (TPSA) is 67.2 Å². The van der Waals surface area contributed by atoms with Gasteiger partial charge in [-0.05, 0) is 45.4 Å². The molecule has 0 atom stereocenters. The summed E-state index contributed by atoms with van der Waals surface area (Å²) in [5.74, 6) is 0.861. The van der Waals surface area contributed by atoms with Crippen molar-refractivity contribution in [3.05, 3.63) is 66.0 Å². The third-order valence-corrected chi connectivity index (χ3v) is 5.31. The zero-order valence-electron chi connectivity index (χ0n) is 18.8. The molecule has 164 valence electrons. The summed E-state index contributed by atoms with van der Waals surface area (Å²) in [6.07, 6.45) is 0.916. The van der Waals surface area contributed by atoms with Gasteiger partial charge in [0.15, 0.2) is 0 Å². The lowest BCUT2D eigenvalue weighted by Crippen LogP contribution is -2.43. The van der Waals surface area contributed by atoms with Gasteiger partial charge < -0.3 is 14.8 Å². The van der Waals surface area contributed by atoms with Gasteiger partial charge in [0.25, 0.3) is 0 Å². The average Bonchev–Trinajstić information content (AvgIpc) is 3.05. The van der Waals surface area contributed by atoms with Crippen molar-refractivity contribution in [2.45, 2.75) is 59.2 Å². The fourth-order valence-electron chi connectivity index (χ4n) is 4.04. The van der Waals surface area contributed by atoms with Gasteiger partial charge >= 0.3 is 0 Å². The highest BCUT2D eigenvalue weighted by Crippen LogP contribution is 2.18. The quantitative estimate of drug-likeness (QED) is 0.575. The number of fused-ring (bicyclic) bond motifs is 1. The number of nitrogens with zero attached hydrogens (tertiary/aromatic N) is 3. The van der Waals surface area contributed by atoms with Crippen LogP contribution in [0.1, 0.15) is 39.1 Å². The Bertz CT molecular complexity index is 1020. The maximum absolute atomic E-state index is 13.1.